The highest BCUT2D eigenvalue weighted by atomic mass is 16.6. The molecule has 0 spiro atoms. The number of hydrogen-bond acceptors (Lipinski definition) is 3. The lowest BCUT2D eigenvalue weighted by Gasteiger charge is -2.34. The monoisotopic (exact) mass is 222 g/mol. The Morgan fingerprint density at radius 1 is 1.44 bits per heavy atom. The summed E-state index contributed by atoms with van der Waals surface area (Å²) in [6.45, 7) is 0. The maximum absolute atomic E-state index is 11.8. The first-order chi connectivity index (χ1) is 7.68. The Labute approximate surface area is 93.3 Å². The largest absolute Gasteiger partial charge is 0.481 e. The quantitative estimate of drug-likeness (QED) is 0.537. The van der Waals surface area contributed by atoms with Crippen molar-refractivity contribution in [1.82, 2.24) is 0 Å². The molecule has 16 heavy (non-hydrogen) atoms. The third-order valence-electron chi connectivity index (χ3n) is 4.09. The van der Waals surface area contributed by atoms with Crippen LogP contribution >= 0.6 is 0 Å². The van der Waals surface area contributed by atoms with Gasteiger partial charge in [0.15, 0.2) is 0 Å². The van der Waals surface area contributed by atoms with Crippen LogP contribution in [0, 0.1) is 17.8 Å². The molecular weight excluding hydrogens is 208 g/mol. The van der Waals surface area contributed by atoms with Crippen LogP contribution in [0.15, 0.2) is 11.6 Å². The van der Waals surface area contributed by atoms with Crippen molar-refractivity contribution in [2.75, 3.05) is 0 Å². The molecule has 1 N–H and O–H groups in total. The Bertz CT molecular complexity index is 384. The average Bonchev–Trinajstić information content (AvgIpc) is 2.59. The fourth-order valence-corrected chi connectivity index (χ4v) is 3.39. The predicted molar refractivity (Wildman–Crippen MR) is 54.5 cm³/mol. The molecule has 3 aliphatic rings. The van der Waals surface area contributed by atoms with Crippen LogP contribution in [-0.2, 0) is 14.3 Å². The Morgan fingerprint density at radius 3 is 3.00 bits per heavy atom. The number of carbonyl (C=O) groups excluding carboxylic acids is 1. The molecule has 3 rings (SSSR count). The molecule has 0 bridgehead atoms. The van der Waals surface area contributed by atoms with E-state index in [0.29, 0.717) is 6.42 Å². The number of esters is 1. The summed E-state index contributed by atoms with van der Waals surface area (Å²) >= 11 is 0. The number of carbonyl (C=O) groups is 2. The van der Waals surface area contributed by atoms with Gasteiger partial charge < -0.3 is 9.84 Å². The van der Waals surface area contributed by atoms with Gasteiger partial charge in [-0.15, -0.1) is 0 Å². The van der Waals surface area contributed by atoms with E-state index in [9.17, 15) is 9.59 Å². The predicted octanol–water partition coefficient (Wildman–Crippen LogP) is 1.36. The van der Waals surface area contributed by atoms with E-state index in [1.165, 1.54) is 5.57 Å². The van der Waals surface area contributed by atoms with E-state index in [1.807, 2.05) is 6.08 Å². The number of aliphatic carboxylic acids is 1. The molecule has 2 aliphatic carbocycles. The minimum Gasteiger partial charge on any atom is -0.481 e. The second-order valence-corrected chi connectivity index (χ2v) is 4.88. The minimum atomic E-state index is -0.872. The smallest absolute Gasteiger partial charge is 0.310 e. The van der Waals surface area contributed by atoms with Gasteiger partial charge in [-0.05, 0) is 25.7 Å². The van der Waals surface area contributed by atoms with Crippen molar-refractivity contribution in [3.05, 3.63) is 11.6 Å². The lowest BCUT2D eigenvalue weighted by Crippen LogP contribution is -2.37. The first kappa shape index (κ1) is 9.87. The van der Waals surface area contributed by atoms with E-state index in [-0.39, 0.29) is 18.0 Å². The van der Waals surface area contributed by atoms with Gasteiger partial charge in [0.1, 0.15) is 6.10 Å². The zero-order chi connectivity index (χ0) is 11.3. The molecule has 4 nitrogen and oxygen atoms in total. The van der Waals surface area contributed by atoms with Crippen LogP contribution in [0.4, 0.5) is 0 Å². The topological polar surface area (TPSA) is 63.6 Å². The lowest BCUT2D eigenvalue weighted by molar-refractivity contribution is -0.152. The van der Waals surface area contributed by atoms with Gasteiger partial charge in [0.2, 0.25) is 0 Å². The Morgan fingerprint density at radius 2 is 2.25 bits per heavy atom. The summed E-state index contributed by atoms with van der Waals surface area (Å²) in [6, 6.07) is 0. The van der Waals surface area contributed by atoms with Gasteiger partial charge in [-0.3, -0.25) is 9.59 Å². The zero-order valence-electron chi connectivity index (χ0n) is 8.89. The number of ether oxygens (including phenoxy) is 1. The van der Waals surface area contributed by atoms with Crippen LogP contribution in [0.5, 0.6) is 0 Å². The lowest BCUT2D eigenvalue weighted by atomic mass is 9.67. The summed E-state index contributed by atoms with van der Waals surface area (Å²) in [7, 11) is 0. The Kier molecular flexibility index (Phi) is 2.06. The molecule has 0 amide bonds. The maximum atomic E-state index is 11.8. The van der Waals surface area contributed by atoms with E-state index < -0.39 is 17.8 Å². The van der Waals surface area contributed by atoms with E-state index in [0.717, 1.165) is 19.3 Å². The first-order valence-corrected chi connectivity index (χ1v) is 5.80. The van der Waals surface area contributed by atoms with Crippen LogP contribution < -0.4 is 0 Å². The number of carboxylic acid groups (broad SMARTS) is 1. The number of hydrogen-bond donors (Lipinski definition) is 1. The summed E-state index contributed by atoms with van der Waals surface area (Å²) in [5, 5.41) is 9.13. The van der Waals surface area contributed by atoms with E-state index in [2.05, 4.69) is 0 Å². The van der Waals surface area contributed by atoms with Crippen LogP contribution in [0.3, 0.4) is 0 Å². The second kappa shape index (κ2) is 3.34. The molecule has 0 aromatic rings. The number of allylic oxidation sites excluding steroid dienone is 1. The highest BCUT2D eigenvalue weighted by Gasteiger charge is 2.54. The van der Waals surface area contributed by atoms with Crippen LogP contribution in [0.2, 0.25) is 0 Å². The number of carboxylic acids is 1. The van der Waals surface area contributed by atoms with E-state index in [1.54, 1.807) is 0 Å². The molecule has 0 unspecified atom stereocenters. The summed E-state index contributed by atoms with van der Waals surface area (Å²) in [5.41, 5.74) is 1.25. The second-order valence-electron chi connectivity index (χ2n) is 4.88. The maximum Gasteiger partial charge on any atom is 0.310 e. The SMILES string of the molecule is O=C1O[C@H]2CCCC3=CC[C@H](C(=O)O)[C@H]1[C@H]32. The van der Waals surface area contributed by atoms with Crippen molar-refractivity contribution < 1.29 is 19.4 Å². The highest BCUT2D eigenvalue weighted by molar-refractivity contribution is 5.84. The molecular formula is C12H14O4. The molecule has 1 saturated heterocycles. The average molecular weight is 222 g/mol. The van der Waals surface area contributed by atoms with Gasteiger partial charge in [-0.1, -0.05) is 11.6 Å². The molecule has 4 heteroatoms. The molecule has 86 valence electrons. The number of rotatable bonds is 1. The molecule has 4 atom stereocenters. The molecule has 1 aliphatic heterocycles. The van der Waals surface area contributed by atoms with Gasteiger partial charge >= 0.3 is 11.9 Å². The van der Waals surface area contributed by atoms with Crippen molar-refractivity contribution in [1.29, 1.82) is 0 Å². The molecule has 2 fully saturated rings. The van der Waals surface area contributed by atoms with Crippen molar-refractivity contribution >= 4 is 11.9 Å². The van der Waals surface area contributed by atoms with Gasteiger partial charge in [-0.2, -0.15) is 0 Å². The van der Waals surface area contributed by atoms with Crippen molar-refractivity contribution in [2.45, 2.75) is 31.8 Å². The summed E-state index contributed by atoms with van der Waals surface area (Å²) in [4.78, 5) is 22.9. The summed E-state index contributed by atoms with van der Waals surface area (Å²) in [6.07, 6.45) is 5.38. The van der Waals surface area contributed by atoms with Crippen molar-refractivity contribution in [2.24, 2.45) is 17.8 Å². The third-order valence-corrected chi connectivity index (χ3v) is 4.09. The van der Waals surface area contributed by atoms with Crippen LogP contribution in [0.1, 0.15) is 25.7 Å². The molecule has 0 aromatic heterocycles. The third kappa shape index (κ3) is 1.22. The van der Waals surface area contributed by atoms with Gasteiger partial charge in [0.25, 0.3) is 0 Å². The fraction of sp³-hybridized carbons (Fsp3) is 0.667. The normalized spacial score (nSPS) is 41.0. The van der Waals surface area contributed by atoms with Gasteiger partial charge in [0, 0.05) is 5.92 Å². The minimum absolute atomic E-state index is 0.0519. The highest BCUT2D eigenvalue weighted by Crippen LogP contribution is 2.48. The van der Waals surface area contributed by atoms with Gasteiger partial charge in [-0.25, -0.2) is 0 Å². The molecule has 1 saturated carbocycles. The van der Waals surface area contributed by atoms with Crippen LogP contribution in [-0.4, -0.2) is 23.1 Å². The molecule has 0 radical (unpaired) electrons. The van der Waals surface area contributed by atoms with E-state index in [4.69, 9.17) is 9.84 Å². The zero-order valence-corrected chi connectivity index (χ0v) is 8.89. The van der Waals surface area contributed by atoms with Crippen LogP contribution in [0.25, 0.3) is 0 Å². The Hall–Kier alpha value is -1.32. The van der Waals surface area contributed by atoms with Crippen molar-refractivity contribution in [3.8, 4) is 0 Å². The fourth-order valence-electron chi connectivity index (χ4n) is 3.39. The van der Waals surface area contributed by atoms with E-state index >= 15 is 0 Å². The first-order valence-electron chi connectivity index (χ1n) is 5.80. The van der Waals surface area contributed by atoms with Gasteiger partial charge in [0.05, 0.1) is 11.8 Å². The summed E-state index contributed by atoms with van der Waals surface area (Å²) < 4.78 is 5.32. The molecule has 1 heterocycles. The Balaban J connectivity index is 2.00. The standard InChI is InChI=1S/C12H14O4/c13-11(14)7-5-4-6-2-1-3-8-9(6)10(7)12(15)16-8/h4,7-10H,1-3,5H2,(H,13,14)/t7-,8-,9+,10-/m0/s1. The van der Waals surface area contributed by atoms with Crippen molar-refractivity contribution in [3.63, 3.8) is 0 Å². The summed E-state index contributed by atoms with van der Waals surface area (Å²) in [5.74, 6) is -2.12. The molecule has 0 aromatic carbocycles.